The molecule has 1 unspecified atom stereocenters. The van der Waals surface area contributed by atoms with Gasteiger partial charge in [-0.15, -0.1) is 0 Å². The van der Waals surface area contributed by atoms with Crippen LogP contribution >= 0.6 is 8.46 Å². The Bertz CT molecular complexity index is 660. The third kappa shape index (κ3) is 6.78. The highest BCUT2D eigenvalue weighted by Gasteiger charge is 2.49. The lowest BCUT2D eigenvalue weighted by Gasteiger charge is -2.33. The predicted octanol–water partition coefficient (Wildman–Crippen LogP) is 8.03. The van der Waals surface area contributed by atoms with E-state index < -0.39 is 5.41 Å². The maximum absolute atomic E-state index is 13.9. The third-order valence-corrected chi connectivity index (χ3v) is 7.96. The molecule has 4 nitrogen and oxygen atoms in total. The monoisotopic (exact) mass is 448 g/mol. The smallest absolute Gasteiger partial charge is 0.177 e. The summed E-state index contributed by atoms with van der Waals surface area (Å²) in [4.78, 5) is 13.9. The average Bonchev–Trinajstić information content (AvgIpc) is 3.30. The number of hydrogen-bond donors (Lipinski definition) is 0. The molecule has 1 aliphatic rings. The number of ketones is 1. The molecule has 2 rings (SSSR count). The number of unbranched alkanes of at least 4 members (excludes halogenated alkanes) is 8. The molecular formula is C26H41O4P. The van der Waals surface area contributed by atoms with E-state index in [4.69, 9.17) is 9.47 Å². The zero-order chi connectivity index (χ0) is 22.5. The van der Waals surface area contributed by atoms with Crippen LogP contribution in [0.1, 0.15) is 107 Å². The van der Waals surface area contributed by atoms with Crippen LogP contribution in [0.2, 0.25) is 0 Å². The Morgan fingerprint density at radius 2 is 1.45 bits per heavy atom. The van der Waals surface area contributed by atoms with Crippen LogP contribution in [0.4, 0.5) is 0 Å². The molecule has 0 aromatic heterocycles. The van der Waals surface area contributed by atoms with Crippen LogP contribution in [0.25, 0.3) is 0 Å². The number of carbonyl (C=O) groups is 1. The second-order valence-corrected chi connectivity index (χ2v) is 9.80. The first-order valence-corrected chi connectivity index (χ1v) is 13.1. The van der Waals surface area contributed by atoms with Crippen LogP contribution in [0.15, 0.2) is 18.2 Å². The predicted molar refractivity (Wildman–Crippen MR) is 128 cm³/mol. The van der Waals surface area contributed by atoms with Crippen LogP contribution in [0.5, 0.6) is 11.5 Å². The Morgan fingerprint density at radius 1 is 0.935 bits per heavy atom. The first-order valence-electron chi connectivity index (χ1n) is 12.2. The van der Waals surface area contributed by atoms with E-state index in [1.165, 1.54) is 44.9 Å². The van der Waals surface area contributed by atoms with Gasteiger partial charge in [0, 0.05) is 5.41 Å². The minimum absolute atomic E-state index is 0.0450. The van der Waals surface area contributed by atoms with E-state index in [1.807, 2.05) is 18.2 Å². The number of rotatable bonds is 16. The summed E-state index contributed by atoms with van der Waals surface area (Å²) in [7, 11) is 3.26. The number of Topliss-reactive ketones (excluding diaryl/α,β-unsaturated/α-hetero) is 1. The van der Waals surface area contributed by atoms with Crippen molar-refractivity contribution >= 4 is 14.2 Å². The highest BCUT2D eigenvalue weighted by molar-refractivity contribution is 7.24. The summed E-state index contributed by atoms with van der Waals surface area (Å²) >= 11 is 0. The van der Waals surface area contributed by atoms with E-state index in [2.05, 4.69) is 6.92 Å². The standard InChI is InChI=1S/C26H41O4P/c1-4-5-6-7-8-9-10-11-12-18-23(31-28)26(19-13-14-20-26)25(27)24-21(29-2)16-15-17-22(24)30-3/h15-17,23H,4-14,18-20H2,1-3H3. The molecule has 1 aromatic carbocycles. The summed E-state index contributed by atoms with van der Waals surface area (Å²) in [6.45, 7) is 2.25. The molecule has 0 bridgehead atoms. The van der Waals surface area contributed by atoms with E-state index >= 15 is 0 Å². The average molecular weight is 449 g/mol. The second-order valence-electron chi connectivity index (χ2n) is 8.97. The third-order valence-electron chi connectivity index (χ3n) is 6.95. The van der Waals surface area contributed by atoms with Gasteiger partial charge in [-0.2, -0.15) is 0 Å². The molecule has 0 saturated heterocycles. The Morgan fingerprint density at radius 3 is 1.94 bits per heavy atom. The molecular weight excluding hydrogens is 407 g/mol. The van der Waals surface area contributed by atoms with Gasteiger partial charge in [-0.05, 0) is 31.4 Å². The highest BCUT2D eigenvalue weighted by atomic mass is 31.1. The maximum Gasteiger partial charge on any atom is 0.177 e. The fourth-order valence-corrected chi connectivity index (χ4v) is 5.98. The number of ether oxygens (including phenoxy) is 2. The van der Waals surface area contributed by atoms with E-state index in [9.17, 15) is 9.36 Å². The molecule has 0 radical (unpaired) electrons. The van der Waals surface area contributed by atoms with Crippen molar-refractivity contribution in [3.63, 3.8) is 0 Å². The van der Waals surface area contributed by atoms with Crippen molar-refractivity contribution in [2.75, 3.05) is 14.2 Å². The van der Waals surface area contributed by atoms with Crippen molar-refractivity contribution in [3.8, 4) is 11.5 Å². The summed E-state index contributed by atoms with van der Waals surface area (Å²) in [5.74, 6) is 1.13. The number of carbonyl (C=O) groups excluding carboxylic acids is 1. The molecule has 31 heavy (non-hydrogen) atoms. The maximum atomic E-state index is 13.9. The van der Waals surface area contributed by atoms with Gasteiger partial charge in [-0.1, -0.05) is 83.6 Å². The molecule has 1 aliphatic carbocycles. The molecule has 0 amide bonds. The summed E-state index contributed by atoms with van der Waals surface area (Å²) in [6.07, 6.45) is 15.8. The molecule has 174 valence electrons. The van der Waals surface area contributed by atoms with Gasteiger partial charge < -0.3 is 9.47 Å². The summed E-state index contributed by atoms with van der Waals surface area (Å²) in [5, 5.41) is 0. The molecule has 0 N–H and O–H groups in total. The van der Waals surface area contributed by atoms with E-state index in [0.29, 0.717) is 17.1 Å². The van der Waals surface area contributed by atoms with Crippen LogP contribution in [-0.4, -0.2) is 25.7 Å². The molecule has 0 heterocycles. The van der Waals surface area contributed by atoms with Crippen LogP contribution in [-0.2, 0) is 4.57 Å². The quantitative estimate of drug-likeness (QED) is 0.146. The lowest BCUT2D eigenvalue weighted by molar-refractivity contribution is 0.0778. The normalized spacial score (nSPS) is 16.4. The van der Waals surface area contributed by atoms with E-state index in [0.717, 1.165) is 44.9 Å². The zero-order valence-electron chi connectivity index (χ0n) is 19.8. The zero-order valence-corrected chi connectivity index (χ0v) is 20.7. The van der Waals surface area contributed by atoms with Crippen molar-refractivity contribution < 1.29 is 18.8 Å². The molecule has 5 heteroatoms. The SMILES string of the molecule is CCCCCCCCCCCC(P=O)C1(C(=O)c2c(OC)cccc2OC)CCCC1. The number of hydrogen-bond acceptors (Lipinski definition) is 4. The van der Waals surface area contributed by atoms with E-state index in [1.54, 1.807) is 14.2 Å². The van der Waals surface area contributed by atoms with Gasteiger partial charge in [0.05, 0.1) is 19.9 Å². The summed E-state index contributed by atoms with van der Waals surface area (Å²) < 4.78 is 23.3. The number of methoxy groups -OCH3 is 2. The molecule has 1 atom stereocenters. The molecule has 1 fully saturated rings. The van der Waals surface area contributed by atoms with Crippen LogP contribution < -0.4 is 9.47 Å². The highest BCUT2D eigenvalue weighted by Crippen LogP contribution is 2.51. The van der Waals surface area contributed by atoms with Gasteiger partial charge in [0.15, 0.2) is 14.2 Å². The minimum atomic E-state index is -0.578. The van der Waals surface area contributed by atoms with Crippen LogP contribution in [0.3, 0.4) is 0 Å². The summed E-state index contributed by atoms with van der Waals surface area (Å²) in [5.41, 5.74) is -0.206. The Kier molecular flexibility index (Phi) is 11.6. The van der Waals surface area contributed by atoms with Gasteiger partial charge in [-0.25, -0.2) is 0 Å². The van der Waals surface area contributed by atoms with Gasteiger partial charge in [0.2, 0.25) is 0 Å². The second kappa shape index (κ2) is 13.9. The fraction of sp³-hybridized carbons (Fsp3) is 0.731. The van der Waals surface area contributed by atoms with Gasteiger partial charge >= 0.3 is 0 Å². The van der Waals surface area contributed by atoms with Crippen molar-refractivity contribution in [3.05, 3.63) is 23.8 Å². The topological polar surface area (TPSA) is 52.6 Å². The van der Waals surface area contributed by atoms with Gasteiger partial charge in [0.1, 0.15) is 17.1 Å². The lowest BCUT2D eigenvalue weighted by Crippen LogP contribution is -2.38. The van der Waals surface area contributed by atoms with Crippen molar-refractivity contribution in [1.29, 1.82) is 0 Å². The van der Waals surface area contributed by atoms with Gasteiger partial charge in [0.25, 0.3) is 0 Å². The fourth-order valence-electron chi connectivity index (χ4n) is 5.12. The van der Waals surface area contributed by atoms with Crippen LogP contribution in [0, 0.1) is 5.41 Å². The van der Waals surface area contributed by atoms with Crippen molar-refractivity contribution in [2.24, 2.45) is 5.41 Å². The lowest BCUT2D eigenvalue weighted by atomic mass is 9.73. The van der Waals surface area contributed by atoms with Crippen molar-refractivity contribution in [2.45, 2.75) is 102 Å². The molecule has 0 aliphatic heterocycles. The summed E-state index contributed by atoms with van der Waals surface area (Å²) in [6, 6.07) is 5.45. The van der Waals surface area contributed by atoms with E-state index in [-0.39, 0.29) is 19.9 Å². The molecule has 1 aromatic rings. The number of benzene rings is 1. The first-order chi connectivity index (χ1) is 15.1. The minimum Gasteiger partial charge on any atom is -0.496 e. The van der Waals surface area contributed by atoms with Crippen molar-refractivity contribution in [1.82, 2.24) is 0 Å². The van der Waals surface area contributed by atoms with Gasteiger partial charge in [-0.3, -0.25) is 9.36 Å². The largest absolute Gasteiger partial charge is 0.496 e. The molecule has 1 saturated carbocycles. The first kappa shape index (κ1) is 25.8. The Hall–Kier alpha value is -1.41. The Balaban J connectivity index is 2.02. The molecule has 0 spiro atoms. The Labute approximate surface area is 190 Å².